The lowest BCUT2D eigenvalue weighted by Gasteiger charge is -2.30. The van der Waals surface area contributed by atoms with Gasteiger partial charge in [0.25, 0.3) is 0 Å². The van der Waals surface area contributed by atoms with Gasteiger partial charge in [0.1, 0.15) is 0 Å². The normalized spacial score (nSPS) is 18.3. The molecule has 1 aromatic rings. The number of amides is 1. The van der Waals surface area contributed by atoms with Crippen molar-refractivity contribution < 1.29 is 9.59 Å². The summed E-state index contributed by atoms with van der Waals surface area (Å²) in [6.45, 7) is 7.49. The second kappa shape index (κ2) is 7.90. The number of carbonyl (C=O) groups is 2. The van der Waals surface area contributed by atoms with Crippen LogP contribution in [0.25, 0.3) is 0 Å². The Morgan fingerprint density at radius 2 is 1.96 bits per heavy atom. The summed E-state index contributed by atoms with van der Waals surface area (Å²) in [5, 5.41) is 3.33. The van der Waals surface area contributed by atoms with E-state index in [2.05, 4.69) is 10.2 Å². The van der Waals surface area contributed by atoms with Gasteiger partial charge in [0.05, 0.1) is 0 Å². The van der Waals surface area contributed by atoms with Crippen LogP contribution in [-0.4, -0.2) is 55.9 Å². The van der Waals surface area contributed by atoms with E-state index in [1.54, 1.807) is 0 Å². The summed E-state index contributed by atoms with van der Waals surface area (Å²) < 4.78 is 0. The molecule has 0 spiro atoms. The Balaban J connectivity index is 1.69. The van der Waals surface area contributed by atoms with Crippen LogP contribution in [-0.2, 0) is 11.2 Å². The van der Waals surface area contributed by atoms with Gasteiger partial charge in [0, 0.05) is 63.4 Å². The highest BCUT2D eigenvalue weighted by Gasteiger charge is 2.22. The number of rotatable bonds is 5. The first-order chi connectivity index (χ1) is 11.7. The van der Waals surface area contributed by atoms with Gasteiger partial charge in [-0.1, -0.05) is 19.1 Å². The molecule has 0 atom stereocenters. The number of fused-ring (bicyclic) bond motifs is 1. The predicted octanol–water partition coefficient (Wildman–Crippen LogP) is 1.85. The molecule has 1 aromatic carbocycles. The van der Waals surface area contributed by atoms with E-state index in [0.717, 1.165) is 63.4 Å². The number of hydrogen-bond donors (Lipinski definition) is 1. The second-order valence-electron chi connectivity index (χ2n) is 6.61. The van der Waals surface area contributed by atoms with Crippen molar-refractivity contribution in [2.24, 2.45) is 0 Å². The maximum absolute atomic E-state index is 12.6. The third-order valence-electron chi connectivity index (χ3n) is 4.99. The average Bonchev–Trinajstić information content (AvgIpc) is 2.65. The summed E-state index contributed by atoms with van der Waals surface area (Å²) in [7, 11) is 0. The highest BCUT2D eigenvalue weighted by atomic mass is 16.2. The molecule has 0 saturated carbocycles. The van der Waals surface area contributed by atoms with Gasteiger partial charge in [-0.2, -0.15) is 0 Å². The van der Waals surface area contributed by atoms with Crippen LogP contribution in [0.1, 0.15) is 42.1 Å². The Morgan fingerprint density at radius 1 is 1.17 bits per heavy atom. The molecule has 1 fully saturated rings. The van der Waals surface area contributed by atoms with Crippen molar-refractivity contribution in [3.05, 3.63) is 29.3 Å². The van der Waals surface area contributed by atoms with Crippen LogP contribution < -0.4 is 10.2 Å². The minimum Gasteiger partial charge on any atom is -0.314 e. The summed E-state index contributed by atoms with van der Waals surface area (Å²) in [6, 6.07) is 5.89. The van der Waals surface area contributed by atoms with Crippen molar-refractivity contribution in [3.63, 3.8) is 0 Å². The fourth-order valence-electron chi connectivity index (χ4n) is 3.54. The quantitative estimate of drug-likeness (QED) is 0.838. The molecule has 2 aliphatic rings. The molecule has 0 aliphatic carbocycles. The molecule has 2 heterocycles. The number of Topliss-reactive ketones (excluding diaryl/α,β-unsaturated/α-hetero) is 1. The molecule has 0 radical (unpaired) electrons. The standard InChI is InChI=1S/C19H27N3O2/c1-2-19(24)22-10-3-4-15-5-6-16(14-17(15)22)18(23)7-11-21-12-8-20-9-13-21/h5-6,14,20H,2-4,7-13H2,1H3. The largest absolute Gasteiger partial charge is 0.314 e. The lowest BCUT2D eigenvalue weighted by atomic mass is 9.97. The Bertz CT molecular complexity index is 609. The van der Waals surface area contributed by atoms with E-state index in [0.29, 0.717) is 12.8 Å². The van der Waals surface area contributed by atoms with Crippen LogP contribution in [0.3, 0.4) is 0 Å². The SMILES string of the molecule is CCC(=O)N1CCCc2ccc(C(=O)CCN3CCNCC3)cc21. The van der Waals surface area contributed by atoms with E-state index >= 15 is 0 Å². The van der Waals surface area contributed by atoms with Gasteiger partial charge >= 0.3 is 0 Å². The van der Waals surface area contributed by atoms with Crippen LogP contribution in [0.15, 0.2) is 18.2 Å². The van der Waals surface area contributed by atoms with Gasteiger partial charge in [-0.05, 0) is 24.5 Å². The summed E-state index contributed by atoms with van der Waals surface area (Å²) in [5.41, 5.74) is 2.86. The van der Waals surface area contributed by atoms with Crippen molar-refractivity contribution in [2.75, 3.05) is 44.2 Å². The highest BCUT2D eigenvalue weighted by molar-refractivity contribution is 6.00. The molecular weight excluding hydrogens is 302 g/mol. The molecule has 5 nitrogen and oxygen atoms in total. The fraction of sp³-hybridized carbons (Fsp3) is 0.579. The van der Waals surface area contributed by atoms with Crippen LogP contribution in [0, 0.1) is 0 Å². The Labute approximate surface area is 144 Å². The lowest BCUT2D eigenvalue weighted by molar-refractivity contribution is -0.118. The second-order valence-corrected chi connectivity index (χ2v) is 6.61. The third kappa shape index (κ3) is 3.84. The van der Waals surface area contributed by atoms with Crippen molar-refractivity contribution >= 4 is 17.4 Å². The van der Waals surface area contributed by atoms with E-state index in [4.69, 9.17) is 0 Å². The van der Waals surface area contributed by atoms with E-state index < -0.39 is 0 Å². The maximum Gasteiger partial charge on any atom is 0.226 e. The molecule has 2 aliphatic heterocycles. The summed E-state index contributed by atoms with van der Waals surface area (Å²) in [5.74, 6) is 0.312. The molecule has 130 valence electrons. The average molecular weight is 329 g/mol. The topological polar surface area (TPSA) is 52.7 Å². The van der Waals surface area contributed by atoms with Crippen LogP contribution in [0.2, 0.25) is 0 Å². The number of carbonyl (C=O) groups excluding carboxylic acids is 2. The number of benzene rings is 1. The first-order valence-corrected chi connectivity index (χ1v) is 9.08. The minimum absolute atomic E-state index is 0.140. The van der Waals surface area contributed by atoms with E-state index in [-0.39, 0.29) is 11.7 Å². The van der Waals surface area contributed by atoms with Crippen molar-refractivity contribution in [1.29, 1.82) is 0 Å². The minimum atomic E-state index is 0.140. The van der Waals surface area contributed by atoms with Gasteiger partial charge in [-0.25, -0.2) is 0 Å². The van der Waals surface area contributed by atoms with Crippen molar-refractivity contribution in [3.8, 4) is 0 Å². The van der Waals surface area contributed by atoms with Crippen LogP contribution in [0.4, 0.5) is 5.69 Å². The Kier molecular flexibility index (Phi) is 5.63. The first kappa shape index (κ1) is 17.1. The zero-order chi connectivity index (χ0) is 16.9. The predicted molar refractivity (Wildman–Crippen MR) is 95.7 cm³/mol. The van der Waals surface area contributed by atoms with Crippen LogP contribution in [0.5, 0.6) is 0 Å². The zero-order valence-electron chi connectivity index (χ0n) is 14.5. The smallest absolute Gasteiger partial charge is 0.226 e. The van der Waals surface area contributed by atoms with E-state index in [9.17, 15) is 9.59 Å². The maximum atomic E-state index is 12.6. The van der Waals surface area contributed by atoms with E-state index in [1.165, 1.54) is 5.56 Å². The number of nitrogens with zero attached hydrogens (tertiary/aromatic N) is 2. The lowest BCUT2D eigenvalue weighted by Crippen LogP contribution is -2.44. The summed E-state index contributed by atoms with van der Waals surface area (Å²) in [6.07, 6.45) is 3.02. The summed E-state index contributed by atoms with van der Waals surface area (Å²) in [4.78, 5) is 28.9. The number of nitrogens with one attached hydrogen (secondary N) is 1. The molecule has 0 unspecified atom stereocenters. The van der Waals surface area contributed by atoms with Gasteiger partial charge in [0.2, 0.25) is 5.91 Å². The fourth-order valence-corrected chi connectivity index (χ4v) is 3.54. The number of aryl methyl sites for hydroxylation is 1. The molecule has 24 heavy (non-hydrogen) atoms. The first-order valence-electron chi connectivity index (χ1n) is 9.08. The third-order valence-corrected chi connectivity index (χ3v) is 4.99. The molecule has 3 rings (SSSR count). The molecule has 1 N–H and O–H groups in total. The van der Waals surface area contributed by atoms with Crippen molar-refractivity contribution in [1.82, 2.24) is 10.2 Å². The zero-order valence-corrected chi connectivity index (χ0v) is 14.5. The van der Waals surface area contributed by atoms with Crippen LogP contribution >= 0.6 is 0 Å². The molecule has 1 saturated heterocycles. The molecule has 1 amide bonds. The van der Waals surface area contributed by atoms with Gasteiger partial charge in [0.15, 0.2) is 5.78 Å². The van der Waals surface area contributed by atoms with Crippen molar-refractivity contribution in [2.45, 2.75) is 32.6 Å². The van der Waals surface area contributed by atoms with E-state index in [1.807, 2.05) is 30.0 Å². The number of anilines is 1. The number of piperazine rings is 1. The van der Waals surface area contributed by atoms with Gasteiger partial charge < -0.3 is 15.1 Å². The molecule has 0 aromatic heterocycles. The number of ketones is 1. The molecular formula is C19H27N3O2. The van der Waals surface area contributed by atoms with Gasteiger partial charge in [-0.3, -0.25) is 9.59 Å². The number of hydrogen-bond acceptors (Lipinski definition) is 4. The monoisotopic (exact) mass is 329 g/mol. The summed E-state index contributed by atoms with van der Waals surface area (Å²) >= 11 is 0. The molecule has 5 heteroatoms. The van der Waals surface area contributed by atoms with Gasteiger partial charge in [-0.15, -0.1) is 0 Å². The molecule has 0 bridgehead atoms. The Morgan fingerprint density at radius 3 is 2.71 bits per heavy atom. The highest BCUT2D eigenvalue weighted by Crippen LogP contribution is 2.29. The Hall–Kier alpha value is -1.72.